The molecule has 0 aromatic heterocycles. The molecule has 1 amide bonds. The van der Waals surface area contributed by atoms with Crippen molar-refractivity contribution in [3.05, 3.63) is 0 Å². The van der Waals surface area contributed by atoms with Gasteiger partial charge in [0.1, 0.15) is 5.92 Å². The third kappa shape index (κ3) is 30.8. The van der Waals surface area contributed by atoms with Gasteiger partial charge >= 0.3 is 11.9 Å². The molecule has 0 bridgehead atoms. The molecule has 8 nitrogen and oxygen atoms in total. The number of hydrogen-bond donors (Lipinski definition) is 1. The number of carbonyl (C=O) groups is 3. The van der Waals surface area contributed by atoms with E-state index in [1.165, 1.54) is 122 Å². The summed E-state index contributed by atoms with van der Waals surface area (Å²) in [6.45, 7) is 12.4. The minimum absolute atomic E-state index is 0.158. The molecule has 0 aromatic rings. The number of rotatable bonds is 39. The second-order valence-electron chi connectivity index (χ2n) is 15.8. The maximum atomic E-state index is 13.5. The zero-order valence-electron chi connectivity index (χ0n) is 35.6. The fourth-order valence-electron chi connectivity index (χ4n) is 7.16. The molecule has 54 heavy (non-hydrogen) atoms. The first kappa shape index (κ1) is 50.7. The van der Waals surface area contributed by atoms with Gasteiger partial charge in [0.25, 0.3) is 0 Å². The number of carbonyl (C=O) groups excluding carboxylic acids is 3. The highest BCUT2D eigenvalue weighted by molar-refractivity contribution is 7.99. The molecule has 1 heterocycles. The number of ether oxygens (including phenoxy) is 3. The Hall–Kier alpha value is -1.32. The van der Waals surface area contributed by atoms with E-state index in [9.17, 15) is 14.4 Å². The van der Waals surface area contributed by atoms with Gasteiger partial charge in [-0.05, 0) is 50.3 Å². The Kier molecular flexibility index (Phi) is 36.2. The molecule has 0 aromatic carbocycles. The third-order valence-corrected chi connectivity index (χ3v) is 11.8. The molecule has 0 aliphatic carbocycles. The van der Waals surface area contributed by atoms with Crippen molar-refractivity contribution in [2.75, 3.05) is 64.1 Å². The van der Waals surface area contributed by atoms with E-state index in [4.69, 9.17) is 14.2 Å². The van der Waals surface area contributed by atoms with Crippen LogP contribution in [0.2, 0.25) is 0 Å². The zero-order chi connectivity index (χ0) is 39.2. The molecule has 9 heteroatoms. The molecule has 1 fully saturated rings. The Morgan fingerprint density at radius 1 is 0.630 bits per heavy atom. The van der Waals surface area contributed by atoms with E-state index in [1.807, 2.05) is 0 Å². The quantitative estimate of drug-likeness (QED) is 0.0374. The Morgan fingerprint density at radius 2 is 1.15 bits per heavy atom. The number of esters is 2. The molecule has 1 N–H and O–H groups in total. The Morgan fingerprint density at radius 3 is 1.72 bits per heavy atom. The number of unbranched alkanes of at least 4 members (excludes halogenated alkanes) is 19. The topological polar surface area (TPSA) is 94.2 Å². The van der Waals surface area contributed by atoms with Crippen LogP contribution in [0, 0.1) is 11.8 Å². The highest BCUT2D eigenvalue weighted by atomic mass is 32.2. The molecule has 1 aliphatic rings. The van der Waals surface area contributed by atoms with E-state index < -0.39 is 11.9 Å². The lowest BCUT2D eigenvalue weighted by molar-refractivity contribution is -0.154. The highest BCUT2D eigenvalue weighted by Gasteiger charge is 2.28. The van der Waals surface area contributed by atoms with Gasteiger partial charge in [-0.25, -0.2) is 0 Å². The molecule has 1 aliphatic heterocycles. The smallest absolute Gasteiger partial charge is 0.318 e. The molecule has 1 rings (SSSR count). The van der Waals surface area contributed by atoms with E-state index >= 15 is 0 Å². The Labute approximate surface area is 337 Å². The molecule has 1 saturated heterocycles. The van der Waals surface area contributed by atoms with Crippen LogP contribution >= 0.6 is 11.8 Å². The number of hydrogen-bond acceptors (Lipinski definition) is 8. The van der Waals surface area contributed by atoms with Crippen LogP contribution in [0.25, 0.3) is 0 Å². The lowest BCUT2D eigenvalue weighted by Gasteiger charge is -2.26. The summed E-state index contributed by atoms with van der Waals surface area (Å²) >= 11 is 1.61. The summed E-state index contributed by atoms with van der Waals surface area (Å²) < 4.78 is 16.9. The monoisotopic (exact) mass is 783 g/mol. The van der Waals surface area contributed by atoms with Gasteiger partial charge in [-0.1, -0.05) is 156 Å². The summed E-state index contributed by atoms with van der Waals surface area (Å²) in [5, 5.41) is 3.03. The average molecular weight is 783 g/mol. The summed E-state index contributed by atoms with van der Waals surface area (Å²) in [5.41, 5.74) is 0. The van der Waals surface area contributed by atoms with Crippen molar-refractivity contribution in [2.24, 2.45) is 11.8 Å². The maximum absolute atomic E-state index is 13.5. The summed E-state index contributed by atoms with van der Waals surface area (Å²) in [5.74, 6) is -0.0269. The van der Waals surface area contributed by atoms with E-state index in [0.717, 1.165) is 71.4 Å². The molecular formula is C45H86N2O6S. The minimum Gasteiger partial charge on any atom is -0.466 e. The number of thioether (sulfide) groups is 1. The molecular weight excluding hydrogens is 697 g/mol. The first-order valence-corrected chi connectivity index (χ1v) is 24.1. The van der Waals surface area contributed by atoms with Gasteiger partial charge in [0.05, 0.1) is 32.8 Å². The predicted octanol–water partition coefficient (Wildman–Crippen LogP) is 11.1. The predicted molar refractivity (Wildman–Crippen MR) is 228 cm³/mol. The van der Waals surface area contributed by atoms with Crippen molar-refractivity contribution in [1.29, 1.82) is 0 Å². The van der Waals surface area contributed by atoms with Crippen LogP contribution in [0.1, 0.15) is 194 Å². The number of morpholine rings is 1. The van der Waals surface area contributed by atoms with E-state index in [1.54, 1.807) is 11.8 Å². The van der Waals surface area contributed by atoms with Crippen LogP contribution in [0.3, 0.4) is 0 Å². The van der Waals surface area contributed by atoms with Crippen LogP contribution in [0.15, 0.2) is 0 Å². The standard InChI is InChI=1S/C45H86N2O6S/c1-4-7-10-13-15-16-17-18-19-20-22-25-35-52-43(48)30-39-54-38-29-42(44(49)46-31-26-32-47-33-36-51-37-34-47)45(50)53-40-41(27-23-12-9-6-3)28-24-21-14-11-8-5-2/h41-42H,4-40H2,1-3H3,(H,46,49). The van der Waals surface area contributed by atoms with Gasteiger partial charge in [0, 0.05) is 25.4 Å². The van der Waals surface area contributed by atoms with Crippen molar-refractivity contribution in [2.45, 2.75) is 194 Å². The lowest BCUT2D eigenvalue weighted by atomic mass is 9.95. The normalized spacial score (nSPS) is 14.5. The van der Waals surface area contributed by atoms with E-state index in [-0.39, 0.29) is 11.9 Å². The largest absolute Gasteiger partial charge is 0.466 e. The molecule has 0 radical (unpaired) electrons. The van der Waals surface area contributed by atoms with Gasteiger partial charge < -0.3 is 19.5 Å². The first-order valence-electron chi connectivity index (χ1n) is 23.0. The zero-order valence-corrected chi connectivity index (χ0v) is 36.4. The van der Waals surface area contributed by atoms with Crippen molar-refractivity contribution in [3.63, 3.8) is 0 Å². The van der Waals surface area contributed by atoms with Crippen LogP contribution in [0.4, 0.5) is 0 Å². The van der Waals surface area contributed by atoms with Crippen molar-refractivity contribution in [3.8, 4) is 0 Å². The van der Waals surface area contributed by atoms with Gasteiger partial charge in [-0.15, -0.1) is 0 Å². The van der Waals surface area contributed by atoms with Crippen molar-refractivity contribution < 1.29 is 28.6 Å². The van der Waals surface area contributed by atoms with Crippen LogP contribution in [-0.4, -0.2) is 86.9 Å². The SMILES string of the molecule is CCCCCCCCCCCCCCOC(=O)CCSCCC(C(=O)NCCCN1CCOCC1)C(=O)OCC(CCCCCC)CCCCCCCC. The minimum atomic E-state index is -0.826. The molecule has 2 unspecified atom stereocenters. The average Bonchev–Trinajstić information content (AvgIpc) is 3.18. The number of amides is 1. The summed E-state index contributed by atoms with van der Waals surface area (Å²) in [6, 6.07) is 0. The number of nitrogens with zero attached hydrogens (tertiary/aromatic N) is 1. The van der Waals surface area contributed by atoms with Crippen molar-refractivity contribution >= 4 is 29.6 Å². The van der Waals surface area contributed by atoms with E-state index in [0.29, 0.717) is 50.0 Å². The first-order chi connectivity index (χ1) is 26.5. The molecule has 2 atom stereocenters. The third-order valence-electron chi connectivity index (χ3n) is 10.8. The Balaban J connectivity index is 2.44. The lowest BCUT2D eigenvalue weighted by Crippen LogP contribution is -2.40. The maximum Gasteiger partial charge on any atom is 0.318 e. The summed E-state index contributed by atoms with van der Waals surface area (Å²) in [7, 11) is 0. The van der Waals surface area contributed by atoms with E-state index in [2.05, 4.69) is 31.0 Å². The fraction of sp³-hybridized carbons (Fsp3) is 0.933. The second-order valence-corrected chi connectivity index (χ2v) is 17.0. The van der Waals surface area contributed by atoms with Crippen LogP contribution < -0.4 is 5.32 Å². The number of nitrogens with one attached hydrogen (secondary N) is 1. The van der Waals surface area contributed by atoms with Gasteiger partial charge in [0.2, 0.25) is 5.91 Å². The van der Waals surface area contributed by atoms with Crippen LogP contribution in [-0.2, 0) is 28.6 Å². The van der Waals surface area contributed by atoms with Crippen molar-refractivity contribution in [1.82, 2.24) is 10.2 Å². The second kappa shape index (κ2) is 38.5. The molecule has 0 saturated carbocycles. The highest BCUT2D eigenvalue weighted by Crippen LogP contribution is 2.21. The van der Waals surface area contributed by atoms with Gasteiger partial charge in [-0.2, -0.15) is 11.8 Å². The van der Waals surface area contributed by atoms with Gasteiger partial charge in [0.15, 0.2) is 0 Å². The van der Waals surface area contributed by atoms with Crippen LogP contribution in [0.5, 0.6) is 0 Å². The molecule has 0 spiro atoms. The van der Waals surface area contributed by atoms with Gasteiger partial charge in [-0.3, -0.25) is 19.3 Å². The Bertz CT molecular complexity index is 871. The molecule has 318 valence electrons. The fourth-order valence-corrected chi connectivity index (χ4v) is 8.08. The summed E-state index contributed by atoms with van der Waals surface area (Å²) in [4.78, 5) is 41.5. The summed E-state index contributed by atoms with van der Waals surface area (Å²) in [6.07, 6.45) is 31.5.